The molecule has 164 valence electrons. The van der Waals surface area contributed by atoms with E-state index in [2.05, 4.69) is 92.5 Å². The second kappa shape index (κ2) is 8.35. The molecule has 0 saturated heterocycles. The van der Waals surface area contributed by atoms with Crippen LogP contribution in [0.4, 0.5) is 0 Å². The first-order chi connectivity index (χ1) is 16.6. The van der Waals surface area contributed by atoms with Gasteiger partial charge in [-0.1, -0.05) is 129 Å². The summed E-state index contributed by atoms with van der Waals surface area (Å²) in [6, 6.07) is 39.2. The van der Waals surface area contributed by atoms with E-state index in [0.29, 0.717) is 0 Å². The lowest BCUT2D eigenvalue weighted by Crippen LogP contribution is -2.30. The fourth-order valence-electron chi connectivity index (χ4n) is 5.19. The van der Waals surface area contributed by atoms with Crippen molar-refractivity contribution in [2.75, 3.05) is 0 Å². The van der Waals surface area contributed by atoms with E-state index >= 15 is 0 Å². The Bertz CT molecular complexity index is 1560. The second-order valence-electron chi connectivity index (χ2n) is 8.52. The molecular formula is C31H20Br2O. The summed E-state index contributed by atoms with van der Waals surface area (Å²) in [5.74, 6) is 0. The number of benzene rings is 5. The maximum Gasteiger partial charge on any atom is 0.142 e. The zero-order valence-electron chi connectivity index (χ0n) is 18.2. The van der Waals surface area contributed by atoms with Gasteiger partial charge in [-0.2, -0.15) is 0 Å². The van der Waals surface area contributed by atoms with Gasteiger partial charge in [0.2, 0.25) is 0 Å². The van der Waals surface area contributed by atoms with E-state index in [1.54, 1.807) is 0 Å². The van der Waals surface area contributed by atoms with Crippen LogP contribution in [0.25, 0.3) is 33.4 Å². The molecule has 0 radical (unpaired) electrons. The molecule has 1 nitrogen and oxygen atoms in total. The summed E-state index contributed by atoms with van der Waals surface area (Å²) in [7, 11) is 0. The molecule has 1 aliphatic carbocycles. The summed E-state index contributed by atoms with van der Waals surface area (Å²) < 4.78 is 1.97. The van der Waals surface area contributed by atoms with E-state index in [1.807, 2.05) is 54.6 Å². The Balaban J connectivity index is 1.78. The SMILES string of the molecule is OC1(c2ccccc2-c2ccccc2Br)c2ccccc2-c2ccccc2-c2cc(Br)ccc21. The van der Waals surface area contributed by atoms with Crippen LogP contribution in [0.15, 0.2) is 124 Å². The number of rotatable bonds is 2. The van der Waals surface area contributed by atoms with Crippen LogP contribution < -0.4 is 0 Å². The summed E-state index contributed by atoms with van der Waals surface area (Å²) in [4.78, 5) is 0. The minimum absolute atomic E-state index is 0.853. The fourth-order valence-corrected chi connectivity index (χ4v) is 6.05. The highest BCUT2D eigenvalue weighted by molar-refractivity contribution is 9.10. The van der Waals surface area contributed by atoms with Gasteiger partial charge in [0.1, 0.15) is 5.60 Å². The summed E-state index contributed by atoms with van der Waals surface area (Å²) in [6.07, 6.45) is 0. The van der Waals surface area contributed by atoms with Gasteiger partial charge in [0.05, 0.1) is 0 Å². The van der Waals surface area contributed by atoms with Crippen LogP contribution in [0.1, 0.15) is 16.7 Å². The molecule has 0 saturated carbocycles. The Morgan fingerprint density at radius 2 is 0.882 bits per heavy atom. The highest BCUT2D eigenvalue weighted by Gasteiger charge is 2.42. The lowest BCUT2D eigenvalue weighted by Gasteiger charge is -2.33. The highest BCUT2D eigenvalue weighted by atomic mass is 79.9. The Kier molecular flexibility index (Phi) is 5.29. The second-order valence-corrected chi connectivity index (χ2v) is 10.3. The molecule has 1 N–H and O–H groups in total. The minimum atomic E-state index is -1.36. The van der Waals surface area contributed by atoms with E-state index in [4.69, 9.17) is 0 Å². The first kappa shape index (κ1) is 21.5. The van der Waals surface area contributed by atoms with E-state index in [0.717, 1.165) is 59.0 Å². The van der Waals surface area contributed by atoms with Crippen molar-refractivity contribution < 1.29 is 5.11 Å². The van der Waals surface area contributed by atoms with Gasteiger partial charge >= 0.3 is 0 Å². The van der Waals surface area contributed by atoms with E-state index in [9.17, 15) is 5.11 Å². The molecule has 3 heteroatoms. The maximum absolute atomic E-state index is 13.0. The molecular weight excluding hydrogens is 548 g/mol. The topological polar surface area (TPSA) is 20.2 Å². The predicted molar refractivity (Wildman–Crippen MR) is 147 cm³/mol. The third-order valence-corrected chi connectivity index (χ3v) is 7.86. The molecule has 0 spiro atoms. The van der Waals surface area contributed by atoms with Crippen LogP contribution in [-0.4, -0.2) is 5.11 Å². The van der Waals surface area contributed by atoms with Crippen molar-refractivity contribution in [1.82, 2.24) is 0 Å². The monoisotopic (exact) mass is 566 g/mol. The smallest absolute Gasteiger partial charge is 0.142 e. The largest absolute Gasteiger partial charge is 0.376 e. The average Bonchev–Trinajstić information content (AvgIpc) is 2.97. The summed E-state index contributed by atoms with van der Waals surface area (Å²) in [6.45, 7) is 0. The average molecular weight is 568 g/mol. The summed E-state index contributed by atoms with van der Waals surface area (Å²) in [5, 5.41) is 13.0. The number of fused-ring (bicyclic) bond motifs is 5. The van der Waals surface area contributed by atoms with Crippen molar-refractivity contribution >= 4 is 31.9 Å². The van der Waals surface area contributed by atoms with Gasteiger partial charge in [-0.3, -0.25) is 0 Å². The van der Waals surface area contributed by atoms with Gasteiger partial charge in [-0.25, -0.2) is 0 Å². The van der Waals surface area contributed by atoms with Crippen molar-refractivity contribution in [1.29, 1.82) is 0 Å². The van der Waals surface area contributed by atoms with Gasteiger partial charge in [-0.15, -0.1) is 0 Å². The molecule has 0 heterocycles. The molecule has 34 heavy (non-hydrogen) atoms. The normalized spacial score (nSPS) is 16.2. The first-order valence-electron chi connectivity index (χ1n) is 11.1. The molecule has 5 aromatic rings. The van der Waals surface area contributed by atoms with Gasteiger partial charge < -0.3 is 5.11 Å². The summed E-state index contributed by atoms with van der Waals surface area (Å²) in [5.41, 5.74) is 7.56. The quantitative estimate of drug-likeness (QED) is 0.226. The molecule has 0 amide bonds. The molecule has 0 aliphatic heterocycles. The van der Waals surface area contributed by atoms with Crippen molar-refractivity contribution in [3.8, 4) is 33.4 Å². The third kappa shape index (κ3) is 3.23. The van der Waals surface area contributed by atoms with E-state index in [-0.39, 0.29) is 0 Å². The first-order valence-corrected chi connectivity index (χ1v) is 12.7. The predicted octanol–water partition coefficient (Wildman–Crippen LogP) is 8.81. The van der Waals surface area contributed by atoms with Gasteiger partial charge in [-0.05, 0) is 51.6 Å². The van der Waals surface area contributed by atoms with E-state index in [1.165, 1.54) is 0 Å². The van der Waals surface area contributed by atoms with Crippen LogP contribution in [0.5, 0.6) is 0 Å². The number of aliphatic hydroxyl groups is 1. The van der Waals surface area contributed by atoms with Gasteiger partial charge in [0, 0.05) is 25.6 Å². The highest BCUT2D eigenvalue weighted by Crippen LogP contribution is 2.52. The van der Waals surface area contributed by atoms with E-state index < -0.39 is 5.60 Å². The molecule has 6 rings (SSSR count). The lowest BCUT2D eigenvalue weighted by molar-refractivity contribution is 0.128. The van der Waals surface area contributed by atoms with Crippen LogP contribution in [0, 0.1) is 0 Å². The molecule has 1 unspecified atom stereocenters. The van der Waals surface area contributed by atoms with Gasteiger partial charge in [0.15, 0.2) is 0 Å². The fraction of sp³-hybridized carbons (Fsp3) is 0.0323. The van der Waals surface area contributed by atoms with Crippen molar-refractivity contribution in [3.05, 3.63) is 141 Å². The van der Waals surface area contributed by atoms with Gasteiger partial charge in [0.25, 0.3) is 0 Å². The minimum Gasteiger partial charge on any atom is -0.376 e. The molecule has 0 aromatic heterocycles. The molecule has 0 fully saturated rings. The third-order valence-electron chi connectivity index (χ3n) is 6.68. The van der Waals surface area contributed by atoms with Crippen molar-refractivity contribution in [3.63, 3.8) is 0 Å². The lowest BCUT2D eigenvalue weighted by atomic mass is 9.75. The number of hydrogen-bond acceptors (Lipinski definition) is 1. The number of hydrogen-bond donors (Lipinski definition) is 1. The van der Waals surface area contributed by atoms with Crippen molar-refractivity contribution in [2.24, 2.45) is 0 Å². The zero-order valence-corrected chi connectivity index (χ0v) is 21.3. The molecule has 1 atom stereocenters. The Morgan fingerprint density at radius 3 is 1.50 bits per heavy atom. The van der Waals surface area contributed by atoms with Crippen LogP contribution in [-0.2, 0) is 5.60 Å². The Labute approximate surface area is 216 Å². The Morgan fingerprint density at radius 1 is 0.441 bits per heavy atom. The maximum atomic E-state index is 13.0. The van der Waals surface area contributed by atoms with Crippen LogP contribution in [0.2, 0.25) is 0 Å². The molecule has 5 aromatic carbocycles. The Hall–Kier alpha value is -2.98. The van der Waals surface area contributed by atoms with Crippen LogP contribution >= 0.6 is 31.9 Å². The molecule has 1 aliphatic rings. The van der Waals surface area contributed by atoms with Crippen LogP contribution in [0.3, 0.4) is 0 Å². The van der Waals surface area contributed by atoms with Crippen molar-refractivity contribution in [2.45, 2.75) is 5.60 Å². The zero-order chi connectivity index (χ0) is 23.3. The summed E-state index contributed by atoms with van der Waals surface area (Å²) >= 11 is 7.40. The molecule has 0 bridgehead atoms. The number of halogens is 2. The standard InChI is InChI=1S/C31H20Br2O/c32-20-17-18-29-26(19-20)22-10-2-1-9-21(22)23-11-3-6-14-27(23)31(29,34)28-15-7-4-12-24(28)25-13-5-8-16-30(25)33/h1-19,34H.